The molecule has 0 aliphatic carbocycles. The van der Waals surface area contributed by atoms with E-state index < -0.39 is 57.8 Å². The highest BCUT2D eigenvalue weighted by Crippen LogP contribution is 2.43. The molecule has 11 nitrogen and oxygen atoms in total. The maximum atomic E-state index is 12.9. The van der Waals surface area contributed by atoms with Crippen LogP contribution in [0.2, 0.25) is 0 Å². The average Bonchev–Trinajstić information content (AvgIpc) is 3.41. The van der Waals surface area contributed by atoms with Crippen molar-refractivity contribution >= 4 is 25.7 Å². The molecule has 0 aliphatic heterocycles. The number of aliphatic hydroxyl groups excluding tert-OH is 1. The summed E-state index contributed by atoms with van der Waals surface area (Å²) in [6.45, 7) is 4.57. The van der Waals surface area contributed by atoms with Gasteiger partial charge in [-0.1, -0.05) is 256 Å². The van der Waals surface area contributed by atoms with Crippen LogP contribution in [-0.2, 0) is 42.2 Å². The van der Waals surface area contributed by atoms with Crippen LogP contribution in [0, 0.1) is 0 Å². The number of phosphoric ester groups is 1. The lowest BCUT2D eigenvalue weighted by atomic mass is 10.0. The Balaban J connectivity index is 4.70. The number of unbranched alkanes of at least 4 members (excludes halogenated alkanes) is 34. The number of rotatable bonds is 59. The number of ether oxygens (including phenoxy) is 3. The van der Waals surface area contributed by atoms with Crippen molar-refractivity contribution in [1.82, 2.24) is 0 Å². The molecule has 0 saturated heterocycles. The number of carbonyl (C=O) groups is 3. The third-order valence-electron chi connectivity index (χ3n) is 13.7. The van der Waals surface area contributed by atoms with Crippen LogP contribution in [0.15, 0.2) is 48.6 Å². The first kappa shape index (κ1) is 73.4. The Morgan fingerprint density at radius 3 is 1.07 bits per heavy atom. The van der Waals surface area contributed by atoms with Crippen LogP contribution in [0.3, 0.4) is 0 Å². The first-order valence-corrected chi connectivity index (χ1v) is 33.0. The third kappa shape index (κ3) is 56.2. The molecule has 0 spiro atoms. The minimum Gasteiger partial charge on any atom is -0.462 e. The smallest absolute Gasteiger partial charge is 0.462 e. The molecule has 0 fully saturated rings. The lowest BCUT2D eigenvalue weighted by Crippen LogP contribution is -2.30. The molecule has 0 aromatic heterocycles. The second kappa shape index (κ2) is 58.6. The number of carbonyl (C=O) groups excluding carboxylic acids is 3. The molecular formula is C64H117O11P. The topological polar surface area (TPSA) is 155 Å². The first-order valence-electron chi connectivity index (χ1n) is 31.5. The van der Waals surface area contributed by atoms with Gasteiger partial charge in [0, 0.05) is 19.3 Å². The molecule has 76 heavy (non-hydrogen) atoms. The van der Waals surface area contributed by atoms with Crippen LogP contribution in [-0.4, -0.2) is 66.5 Å². The van der Waals surface area contributed by atoms with Gasteiger partial charge in [-0.25, -0.2) is 4.57 Å². The zero-order valence-corrected chi connectivity index (χ0v) is 50.1. The molecule has 0 aromatic rings. The molecule has 0 saturated carbocycles. The summed E-state index contributed by atoms with van der Waals surface area (Å²) in [6, 6.07) is 0. The van der Waals surface area contributed by atoms with E-state index in [1.807, 2.05) is 0 Å². The Kier molecular flexibility index (Phi) is 56.6. The lowest BCUT2D eigenvalue weighted by molar-refractivity contribution is -0.161. The second-order valence-electron chi connectivity index (χ2n) is 21.2. The SMILES string of the molecule is CC/C=C\C/C=C\C/C=C\CCCCCCCCCC(=O)OCC(COP(=O)(O)OCC(CO)OC(=O)CCCCCCCCCCCCCCC)OC(=O)CCCCCCCCCCC/C=C\CCCCCCCC. The van der Waals surface area contributed by atoms with E-state index in [4.69, 9.17) is 23.3 Å². The molecule has 2 N–H and O–H groups in total. The normalized spacial score (nSPS) is 13.6. The lowest BCUT2D eigenvalue weighted by Gasteiger charge is -2.21. The fourth-order valence-electron chi connectivity index (χ4n) is 8.96. The fourth-order valence-corrected chi connectivity index (χ4v) is 9.74. The molecule has 0 rings (SSSR count). The standard InChI is InChI=1S/C64H117O11P/c1-4-7-10-13-16-19-22-25-27-29-30-32-34-37-40-43-46-49-52-55-64(68)75-61(57-71-62(66)53-50-47-44-41-38-36-33-31-28-26-23-20-17-14-11-8-5-2)59-73-76(69,70)72-58-60(56-65)74-63(67)54-51-48-45-42-39-35-24-21-18-15-12-9-6-3/h8,11,17,20,25-28,60-61,65H,4-7,9-10,12-16,18-19,21-24,29-59H2,1-3H3,(H,69,70)/b11-8-,20-17-,27-25-,28-26-. The second-order valence-corrected chi connectivity index (χ2v) is 22.7. The number of hydrogen-bond acceptors (Lipinski definition) is 10. The largest absolute Gasteiger partial charge is 0.472 e. The Morgan fingerprint density at radius 2 is 0.684 bits per heavy atom. The van der Waals surface area contributed by atoms with E-state index in [1.165, 1.54) is 154 Å². The number of esters is 3. The zero-order valence-electron chi connectivity index (χ0n) is 49.2. The minimum absolute atomic E-state index is 0.165. The minimum atomic E-state index is -4.75. The van der Waals surface area contributed by atoms with E-state index in [9.17, 15) is 28.9 Å². The molecule has 0 aromatic carbocycles. The summed E-state index contributed by atoms with van der Waals surface area (Å²) in [6.07, 6.45) is 63.4. The van der Waals surface area contributed by atoms with Crippen LogP contribution in [0.1, 0.15) is 303 Å². The maximum absolute atomic E-state index is 12.9. The van der Waals surface area contributed by atoms with Gasteiger partial charge >= 0.3 is 25.7 Å². The summed E-state index contributed by atoms with van der Waals surface area (Å²) in [4.78, 5) is 48.7. The molecule has 444 valence electrons. The van der Waals surface area contributed by atoms with E-state index >= 15 is 0 Å². The Labute approximate surface area is 466 Å². The highest BCUT2D eigenvalue weighted by Gasteiger charge is 2.28. The highest BCUT2D eigenvalue weighted by molar-refractivity contribution is 7.47. The van der Waals surface area contributed by atoms with Gasteiger partial charge in [0.2, 0.25) is 0 Å². The average molecular weight is 1090 g/mol. The van der Waals surface area contributed by atoms with E-state index in [0.29, 0.717) is 19.3 Å². The molecule has 3 atom stereocenters. The highest BCUT2D eigenvalue weighted by atomic mass is 31.2. The summed E-state index contributed by atoms with van der Waals surface area (Å²) >= 11 is 0. The molecule has 0 bridgehead atoms. The quantitative estimate of drug-likeness (QED) is 0.0197. The molecule has 0 aliphatic rings. The van der Waals surface area contributed by atoms with Gasteiger partial charge in [0.05, 0.1) is 19.8 Å². The van der Waals surface area contributed by atoms with Gasteiger partial charge in [-0.2, -0.15) is 0 Å². The third-order valence-corrected chi connectivity index (χ3v) is 14.7. The van der Waals surface area contributed by atoms with Gasteiger partial charge in [0.1, 0.15) is 12.7 Å². The summed E-state index contributed by atoms with van der Waals surface area (Å²) in [5.41, 5.74) is 0. The molecular weight excluding hydrogens is 976 g/mol. The first-order chi connectivity index (χ1) is 37.2. The van der Waals surface area contributed by atoms with Gasteiger partial charge in [-0.3, -0.25) is 23.4 Å². The van der Waals surface area contributed by atoms with Gasteiger partial charge in [-0.05, 0) is 77.0 Å². The van der Waals surface area contributed by atoms with Crippen LogP contribution in [0.5, 0.6) is 0 Å². The van der Waals surface area contributed by atoms with Crippen molar-refractivity contribution in [3.63, 3.8) is 0 Å². The predicted molar refractivity (Wildman–Crippen MR) is 316 cm³/mol. The summed E-state index contributed by atoms with van der Waals surface area (Å²) in [5, 5.41) is 9.83. The molecule has 0 radical (unpaired) electrons. The van der Waals surface area contributed by atoms with Gasteiger partial charge < -0.3 is 24.2 Å². The number of aliphatic hydroxyl groups is 1. The van der Waals surface area contributed by atoms with Crippen molar-refractivity contribution < 1.29 is 52.2 Å². The van der Waals surface area contributed by atoms with E-state index in [0.717, 1.165) is 89.9 Å². The van der Waals surface area contributed by atoms with E-state index in [2.05, 4.69) is 69.4 Å². The monoisotopic (exact) mass is 1090 g/mol. The maximum Gasteiger partial charge on any atom is 0.472 e. The van der Waals surface area contributed by atoms with Crippen LogP contribution >= 0.6 is 7.82 Å². The summed E-state index contributed by atoms with van der Waals surface area (Å²) in [5.74, 6) is -1.46. The van der Waals surface area contributed by atoms with Crippen LogP contribution < -0.4 is 0 Å². The molecule has 3 unspecified atom stereocenters. The summed E-state index contributed by atoms with van der Waals surface area (Å²) < 4.78 is 39.6. The van der Waals surface area contributed by atoms with E-state index in [1.54, 1.807) is 0 Å². The van der Waals surface area contributed by atoms with E-state index in [-0.39, 0.29) is 25.9 Å². The number of allylic oxidation sites excluding steroid dienone is 8. The Hall–Kier alpha value is -2.56. The van der Waals surface area contributed by atoms with Crippen molar-refractivity contribution in [1.29, 1.82) is 0 Å². The van der Waals surface area contributed by atoms with Gasteiger partial charge in [0.15, 0.2) is 6.10 Å². The van der Waals surface area contributed by atoms with Crippen molar-refractivity contribution in [2.24, 2.45) is 0 Å². The van der Waals surface area contributed by atoms with Crippen molar-refractivity contribution in [3.05, 3.63) is 48.6 Å². The molecule has 12 heteroatoms. The van der Waals surface area contributed by atoms with Crippen molar-refractivity contribution in [3.8, 4) is 0 Å². The Bertz CT molecular complexity index is 1460. The molecule has 0 amide bonds. The van der Waals surface area contributed by atoms with Gasteiger partial charge in [0.25, 0.3) is 0 Å². The predicted octanol–water partition coefficient (Wildman–Crippen LogP) is 18.9. The van der Waals surface area contributed by atoms with Crippen molar-refractivity contribution in [2.45, 2.75) is 315 Å². The fraction of sp³-hybridized carbons (Fsp3) is 0.828. The van der Waals surface area contributed by atoms with Crippen LogP contribution in [0.4, 0.5) is 0 Å². The molecule has 0 heterocycles. The van der Waals surface area contributed by atoms with Crippen LogP contribution in [0.25, 0.3) is 0 Å². The Morgan fingerprint density at radius 1 is 0.382 bits per heavy atom. The summed E-state index contributed by atoms with van der Waals surface area (Å²) in [7, 11) is -4.75. The van der Waals surface area contributed by atoms with Crippen molar-refractivity contribution in [2.75, 3.05) is 26.4 Å². The number of phosphoric acid groups is 1. The number of hydrogen-bond donors (Lipinski definition) is 2. The zero-order chi connectivity index (χ0) is 55.5. The van der Waals surface area contributed by atoms with Gasteiger partial charge in [-0.15, -0.1) is 0 Å².